The van der Waals surface area contributed by atoms with E-state index >= 15 is 0 Å². The van der Waals surface area contributed by atoms with Crippen LogP contribution in [0.25, 0.3) is 0 Å². The third-order valence-corrected chi connectivity index (χ3v) is 3.91. The maximum Gasteiger partial charge on any atom is 0.349 e. The zero-order valence-corrected chi connectivity index (χ0v) is 13.6. The minimum absolute atomic E-state index is 0.0373. The zero-order chi connectivity index (χ0) is 17.0. The second kappa shape index (κ2) is 7.40. The highest BCUT2D eigenvalue weighted by Crippen LogP contribution is 2.25. The molecule has 1 heterocycles. The van der Waals surface area contributed by atoms with Crippen LogP contribution in [0.4, 0.5) is 10.7 Å². The maximum absolute atomic E-state index is 11.7. The molecule has 23 heavy (non-hydrogen) atoms. The summed E-state index contributed by atoms with van der Waals surface area (Å²) in [5, 5.41) is 13.5. The summed E-state index contributed by atoms with van der Waals surface area (Å²) in [6, 6.07) is 6.92. The Labute approximate surface area is 143 Å². The van der Waals surface area contributed by atoms with Crippen LogP contribution in [0.5, 0.6) is 0 Å². The lowest BCUT2D eigenvalue weighted by Gasteiger charge is -2.06. The Morgan fingerprint density at radius 2 is 1.87 bits per heavy atom. The number of carbonyl (C=O) groups excluding carboxylic acids is 2. The Balaban J connectivity index is 1.90. The molecule has 0 unspecified atom stereocenters. The SMILES string of the molecule is O=C(COC(=O)c1ccc([N+](=O)[O-])s1)Nc1cc(Cl)cc(Cl)c1. The Hall–Kier alpha value is -2.16. The van der Waals surface area contributed by atoms with Crippen molar-refractivity contribution in [1.82, 2.24) is 0 Å². The van der Waals surface area contributed by atoms with Gasteiger partial charge in [-0.3, -0.25) is 14.9 Å². The number of hydrogen-bond acceptors (Lipinski definition) is 6. The standard InChI is InChI=1S/C13H8Cl2N2O5S/c14-7-3-8(15)5-9(4-7)16-11(18)6-22-13(19)10-1-2-12(23-10)17(20)21/h1-5H,6H2,(H,16,18). The van der Waals surface area contributed by atoms with Crippen molar-refractivity contribution in [2.75, 3.05) is 11.9 Å². The molecule has 10 heteroatoms. The first-order chi connectivity index (χ1) is 10.8. The van der Waals surface area contributed by atoms with E-state index in [0.717, 1.165) is 0 Å². The fourth-order valence-corrected chi connectivity index (χ4v) is 2.80. The monoisotopic (exact) mass is 374 g/mol. The van der Waals surface area contributed by atoms with E-state index in [9.17, 15) is 19.7 Å². The zero-order valence-electron chi connectivity index (χ0n) is 11.2. The van der Waals surface area contributed by atoms with Crippen LogP contribution in [0.2, 0.25) is 10.0 Å². The molecule has 0 saturated carbocycles. The average Bonchev–Trinajstić information content (AvgIpc) is 2.93. The summed E-state index contributed by atoms with van der Waals surface area (Å²) in [5.41, 5.74) is 0.357. The van der Waals surface area contributed by atoms with Crippen LogP contribution in [0.15, 0.2) is 30.3 Å². The Bertz CT molecular complexity index is 757. The van der Waals surface area contributed by atoms with E-state index < -0.39 is 23.4 Å². The van der Waals surface area contributed by atoms with Gasteiger partial charge in [0, 0.05) is 21.8 Å². The van der Waals surface area contributed by atoms with Gasteiger partial charge in [-0.05, 0) is 24.3 Å². The normalized spacial score (nSPS) is 10.2. The largest absolute Gasteiger partial charge is 0.451 e. The third kappa shape index (κ3) is 4.92. The average molecular weight is 375 g/mol. The smallest absolute Gasteiger partial charge is 0.349 e. The molecule has 2 rings (SSSR count). The number of halogens is 2. The van der Waals surface area contributed by atoms with E-state index in [0.29, 0.717) is 27.1 Å². The van der Waals surface area contributed by atoms with Crippen molar-refractivity contribution in [1.29, 1.82) is 0 Å². The molecule has 0 atom stereocenters. The van der Waals surface area contributed by atoms with Gasteiger partial charge >= 0.3 is 11.0 Å². The van der Waals surface area contributed by atoms with E-state index in [2.05, 4.69) is 5.32 Å². The summed E-state index contributed by atoms with van der Waals surface area (Å²) in [6.45, 7) is -0.547. The molecule has 1 amide bonds. The lowest BCUT2D eigenvalue weighted by Crippen LogP contribution is -2.20. The van der Waals surface area contributed by atoms with Gasteiger partial charge in [0.15, 0.2) is 6.61 Å². The number of ether oxygens (including phenoxy) is 1. The Kier molecular flexibility index (Phi) is 5.54. The van der Waals surface area contributed by atoms with Crippen LogP contribution in [0.1, 0.15) is 9.67 Å². The van der Waals surface area contributed by atoms with Gasteiger partial charge in [0.25, 0.3) is 5.91 Å². The number of thiophene rings is 1. The number of amides is 1. The van der Waals surface area contributed by atoms with E-state index in [-0.39, 0.29) is 9.88 Å². The number of nitro groups is 1. The van der Waals surface area contributed by atoms with E-state index in [4.69, 9.17) is 27.9 Å². The maximum atomic E-state index is 11.7. The first-order valence-corrected chi connectivity index (χ1v) is 7.59. The number of anilines is 1. The van der Waals surface area contributed by atoms with Crippen molar-refractivity contribution in [2.24, 2.45) is 0 Å². The van der Waals surface area contributed by atoms with Crippen LogP contribution in [-0.2, 0) is 9.53 Å². The summed E-state index contributed by atoms with van der Waals surface area (Å²) in [6.07, 6.45) is 0. The van der Waals surface area contributed by atoms with Gasteiger partial charge in [-0.25, -0.2) is 4.79 Å². The van der Waals surface area contributed by atoms with Gasteiger partial charge in [-0.15, -0.1) is 0 Å². The molecule has 0 aliphatic carbocycles. The summed E-state index contributed by atoms with van der Waals surface area (Å²) in [7, 11) is 0. The van der Waals surface area contributed by atoms with Gasteiger partial charge in [0.05, 0.1) is 4.92 Å². The van der Waals surface area contributed by atoms with Gasteiger partial charge < -0.3 is 10.1 Å². The predicted molar refractivity (Wildman–Crippen MR) is 86.3 cm³/mol. The third-order valence-electron chi connectivity index (χ3n) is 2.45. The van der Waals surface area contributed by atoms with E-state index in [1.54, 1.807) is 0 Å². The van der Waals surface area contributed by atoms with Crippen molar-refractivity contribution in [3.63, 3.8) is 0 Å². The first-order valence-electron chi connectivity index (χ1n) is 6.02. The molecular weight excluding hydrogens is 367 g/mol. The molecule has 0 bridgehead atoms. The van der Waals surface area contributed by atoms with Crippen molar-refractivity contribution in [3.05, 3.63) is 55.4 Å². The van der Waals surface area contributed by atoms with Gasteiger partial charge in [0.1, 0.15) is 4.88 Å². The second-order valence-corrected chi connectivity index (χ2v) is 6.11. The van der Waals surface area contributed by atoms with Crippen LogP contribution < -0.4 is 5.32 Å². The summed E-state index contributed by atoms with van der Waals surface area (Å²) >= 11 is 12.3. The first kappa shape index (κ1) is 17.2. The molecule has 120 valence electrons. The van der Waals surface area contributed by atoms with Crippen LogP contribution in [-0.4, -0.2) is 23.4 Å². The Morgan fingerprint density at radius 3 is 2.43 bits per heavy atom. The molecule has 0 aliphatic rings. The molecule has 7 nitrogen and oxygen atoms in total. The van der Waals surface area contributed by atoms with Crippen molar-refractivity contribution in [3.8, 4) is 0 Å². The number of nitrogens with one attached hydrogen (secondary N) is 1. The molecule has 2 aromatic rings. The fraction of sp³-hybridized carbons (Fsp3) is 0.0769. The van der Waals surface area contributed by atoms with E-state index in [1.165, 1.54) is 30.3 Å². The highest BCUT2D eigenvalue weighted by atomic mass is 35.5. The quantitative estimate of drug-likeness (QED) is 0.487. The van der Waals surface area contributed by atoms with Crippen molar-refractivity contribution >= 4 is 57.1 Å². The molecular formula is C13H8Cl2N2O5S. The number of benzene rings is 1. The number of hydrogen-bond donors (Lipinski definition) is 1. The van der Waals surface area contributed by atoms with Crippen LogP contribution in [0, 0.1) is 10.1 Å². The minimum Gasteiger partial charge on any atom is -0.451 e. The summed E-state index contributed by atoms with van der Waals surface area (Å²) in [5.74, 6) is -1.41. The van der Waals surface area contributed by atoms with Gasteiger partial charge in [0.2, 0.25) is 0 Å². The highest BCUT2D eigenvalue weighted by Gasteiger charge is 2.17. The number of rotatable bonds is 5. The lowest BCUT2D eigenvalue weighted by atomic mass is 10.3. The van der Waals surface area contributed by atoms with Crippen LogP contribution >= 0.6 is 34.5 Å². The molecule has 0 aliphatic heterocycles. The molecule has 0 saturated heterocycles. The number of nitrogens with zero attached hydrogens (tertiary/aromatic N) is 1. The molecule has 0 fully saturated rings. The van der Waals surface area contributed by atoms with Crippen LogP contribution in [0.3, 0.4) is 0 Å². The second-order valence-electron chi connectivity index (χ2n) is 4.18. The Morgan fingerprint density at radius 1 is 1.22 bits per heavy atom. The summed E-state index contributed by atoms with van der Waals surface area (Å²) in [4.78, 5) is 33.4. The van der Waals surface area contributed by atoms with E-state index in [1.807, 2.05) is 0 Å². The number of carbonyl (C=O) groups is 2. The highest BCUT2D eigenvalue weighted by molar-refractivity contribution is 7.17. The van der Waals surface area contributed by atoms with Gasteiger partial charge in [-0.1, -0.05) is 34.5 Å². The molecule has 1 aromatic carbocycles. The molecule has 0 radical (unpaired) electrons. The van der Waals surface area contributed by atoms with Crippen molar-refractivity contribution in [2.45, 2.75) is 0 Å². The molecule has 1 N–H and O–H groups in total. The topological polar surface area (TPSA) is 98.5 Å². The predicted octanol–water partition coefficient (Wildman–Crippen LogP) is 3.76. The molecule has 0 spiro atoms. The minimum atomic E-state index is -0.817. The number of esters is 1. The van der Waals surface area contributed by atoms with Crippen molar-refractivity contribution < 1.29 is 19.2 Å². The van der Waals surface area contributed by atoms with Gasteiger partial charge in [-0.2, -0.15) is 0 Å². The lowest BCUT2D eigenvalue weighted by molar-refractivity contribution is -0.380. The fourth-order valence-electron chi connectivity index (χ4n) is 1.56. The molecule has 1 aromatic heterocycles. The summed E-state index contributed by atoms with van der Waals surface area (Å²) < 4.78 is 4.79.